The van der Waals surface area contributed by atoms with Crippen molar-refractivity contribution in [3.8, 4) is 5.69 Å². The number of halogens is 2. The van der Waals surface area contributed by atoms with E-state index in [1.54, 1.807) is 0 Å². The molecule has 0 unspecified atom stereocenters. The Morgan fingerprint density at radius 2 is 1.63 bits per heavy atom. The van der Waals surface area contributed by atoms with Crippen LogP contribution in [0.2, 0.25) is 0 Å². The Bertz CT molecular complexity index is 1810. The predicted octanol–water partition coefficient (Wildman–Crippen LogP) is 4.37. The van der Waals surface area contributed by atoms with Crippen LogP contribution in [0.3, 0.4) is 0 Å². The standard InChI is InChI=1S/C31H25F2N3O5/c1-18-3-2-4-19(13-18)28-27(17-41-31(28)40)35-11-9-34(10-12-35)26-15-25-22(14-24(26)33)29(37)23(30(38)39)16-36(25)21-7-5-20(32)6-8-21/h2-8,13-16H,9-12,17H2,1H3,(H,38,39). The highest BCUT2D eigenvalue weighted by Crippen LogP contribution is 2.32. The van der Waals surface area contributed by atoms with Crippen LogP contribution in [0.15, 0.2) is 77.4 Å². The van der Waals surface area contributed by atoms with Crippen molar-refractivity contribution in [3.05, 3.63) is 111 Å². The van der Waals surface area contributed by atoms with E-state index < -0.39 is 28.6 Å². The molecular formula is C31H25F2N3O5. The molecular weight excluding hydrogens is 532 g/mol. The lowest BCUT2D eigenvalue weighted by atomic mass is 10.0. The number of pyridine rings is 1. The average molecular weight is 558 g/mol. The van der Waals surface area contributed by atoms with Gasteiger partial charge in [0.25, 0.3) is 0 Å². The molecule has 1 N–H and O–H groups in total. The zero-order valence-corrected chi connectivity index (χ0v) is 22.1. The summed E-state index contributed by atoms with van der Waals surface area (Å²) >= 11 is 0. The first kappa shape index (κ1) is 26.2. The molecule has 0 atom stereocenters. The van der Waals surface area contributed by atoms with Crippen LogP contribution in [0, 0.1) is 18.6 Å². The quantitative estimate of drug-likeness (QED) is 0.365. The van der Waals surface area contributed by atoms with Gasteiger partial charge in [-0.3, -0.25) is 4.79 Å². The molecule has 6 rings (SSSR count). The number of aryl methyl sites for hydroxylation is 1. The molecule has 0 amide bonds. The molecule has 4 aromatic rings. The van der Waals surface area contributed by atoms with E-state index in [2.05, 4.69) is 4.90 Å². The Labute approximate surface area is 233 Å². The summed E-state index contributed by atoms with van der Waals surface area (Å²) in [5.74, 6) is -2.94. The fourth-order valence-electron chi connectivity index (χ4n) is 5.49. The van der Waals surface area contributed by atoms with E-state index >= 15 is 4.39 Å². The van der Waals surface area contributed by atoms with Gasteiger partial charge in [-0.25, -0.2) is 18.4 Å². The van der Waals surface area contributed by atoms with E-state index in [-0.39, 0.29) is 23.6 Å². The molecule has 2 aliphatic heterocycles. The number of esters is 1. The molecule has 2 aliphatic rings. The Balaban J connectivity index is 1.36. The summed E-state index contributed by atoms with van der Waals surface area (Å²) in [5.41, 5.74) is 2.80. The number of benzene rings is 3. The maximum atomic E-state index is 15.5. The first-order valence-corrected chi connectivity index (χ1v) is 13.1. The van der Waals surface area contributed by atoms with Crippen molar-refractivity contribution >= 4 is 34.1 Å². The van der Waals surface area contributed by atoms with Crippen molar-refractivity contribution in [2.45, 2.75) is 6.92 Å². The van der Waals surface area contributed by atoms with Crippen LogP contribution in [0.5, 0.6) is 0 Å². The van der Waals surface area contributed by atoms with Gasteiger partial charge in [-0.15, -0.1) is 0 Å². The van der Waals surface area contributed by atoms with Gasteiger partial charge < -0.3 is 24.2 Å². The third-order valence-electron chi connectivity index (χ3n) is 7.55. The van der Waals surface area contributed by atoms with E-state index in [1.807, 2.05) is 36.1 Å². The molecule has 0 saturated carbocycles. The number of ether oxygens (including phenoxy) is 1. The van der Waals surface area contributed by atoms with Crippen molar-refractivity contribution in [2.75, 3.05) is 37.7 Å². The lowest BCUT2D eigenvalue weighted by Crippen LogP contribution is -2.46. The van der Waals surface area contributed by atoms with Gasteiger partial charge in [0.15, 0.2) is 0 Å². The molecule has 41 heavy (non-hydrogen) atoms. The van der Waals surface area contributed by atoms with Crippen molar-refractivity contribution < 1.29 is 28.2 Å². The average Bonchev–Trinajstić information content (AvgIpc) is 3.35. The maximum absolute atomic E-state index is 15.5. The van der Waals surface area contributed by atoms with E-state index in [4.69, 9.17) is 4.74 Å². The van der Waals surface area contributed by atoms with E-state index in [9.17, 15) is 23.9 Å². The highest BCUT2D eigenvalue weighted by Gasteiger charge is 2.32. The molecule has 208 valence electrons. The van der Waals surface area contributed by atoms with Crippen molar-refractivity contribution in [3.63, 3.8) is 0 Å². The predicted molar refractivity (Wildman–Crippen MR) is 149 cm³/mol. The molecule has 1 aromatic heterocycles. The van der Waals surface area contributed by atoms with Gasteiger partial charge >= 0.3 is 11.9 Å². The normalized spacial score (nSPS) is 15.5. The van der Waals surface area contributed by atoms with Crippen LogP contribution in [-0.4, -0.2) is 59.3 Å². The minimum Gasteiger partial charge on any atom is -0.477 e. The van der Waals surface area contributed by atoms with Gasteiger partial charge in [-0.1, -0.05) is 29.8 Å². The Kier molecular flexibility index (Phi) is 6.53. The number of piperazine rings is 1. The van der Waals surface area contributed by atoms with Crippen molar-refractivity contribution in [1.29, 1.82) is 0 Å². The van der Waals surface area contributed by atoms with Gasteiger partial charge in [-0.2, -0.15) is 0 Å². The van der Waals surface area contributed by atoms with Gasteiger partial charge in [0.2, 0.25) is 5.43 Å². The summed E-state index contributed by atoms with van der Waals surface area (Å²) in [6.45, 7) is 3.98. The van der Waals surface area contributed by atoms with Gasteiger partial charge in [0.05, 0.1) is 22.5 Å². The number of carbonyl (C=O) groups excluding carboxylic acids is 1. The van der Waals surface area contributed by atoms with Crippen molar-refractivity contribution in [1.82, 2.24) is 9.47 Å². The summed E-state index contributed by atoms with van der Waals surface area (Å²) in [4.78, 5) is 41.3. The second-order valence-electron chi connectivity index (χ2n) is 10.1. The van der Waals surface area contributed by atoms with Gasteiger partial charge in [0.1, 0.15) is 23.8 Å². The number of hydrogen-bond donors (Lipinski definition) is 1. The Morgan fingerprint density at radius 1 is 0.927 bits per heavy atom. The second kappa shape index (κ2) is 10.2. The number of carbonyl (C=O) groups is 2. The first-order chi connectivity index (χ1) is 19.7. The van der Waals surface area contributed by atoms with Crippen molar-refractivity contribution in [2.24, 2.45) is 0 Å². The number of hydrogen-bond acceptors (Lipinski definition) is 6. The topological polar surface area (TPSA) is 92.1 Å². The Hall–Kier alpha value is -4.99. The highest BCUT2D eigenvalue weighted by atomic mass is 19.1. The van der Waals surface area contributed by atoms with Crippen LogP contribution in [0.4, 0.5) is 14.5 Å². The number of carboxylic acid groups (broad SMARTS) is 1. The van der Waals surface area contributed by atoms with Gasteiger partial charge in [0, 0.05) is 43.4 Å². The van der Waals surface area contributed by atoms with Crippen LogP contribution in [-0.2, 0) is 9.53 Å². The summed E-state index contributed by atoms with van der Waals surface area (Å²) in [7, 11) is 0. The number of nitrogens with zero attached hydrogens (tertiary/aromatic N) is 3. The number of cyclic esters (lactones) is 1. The Morgan fingerprint density at radius 3 is 2.32 bits per heavy atom. The lowest BCUT2D eigenvalue weighted by Gasteiger charge is -2.38. The molecule has 1 saturated heterocycles. The van der Waals surface area contributed by atoms with E-state index in [0.717, 1.165) is 22.9 Å². The number of anilines is 1. The van der Waals surface area contributed by atoms with Crippen LogP contribution in [0.25, 0.3) is 22.2 Å². The smallest absolute Gasteiger partial charge is 0.341 e. The highest BCUT2D eigenvalue weighted by molar-refractivity contribution is 6.19. The monoisotopic (exact) mass is 557 g/mol. The number of rotatable bonds is 5. The second-order valence-corrected chi connectivity index (χ2v) is 10.1. The molecule has 8 nitrogen and oxygen atoms in total. The van der Waals surface area contributed by atoms with Crippen LogP contribution >= 0.6 is 0 Å². The minimum atomic E-state index is -1.44. The van der Waals surface area contributed by atoms with E-state index in [1.165, 1.54) is 41.1 Å². The molecule has 3 heterocycles. The molecule has 1 fully saturated rings. The van der Waals surface area contributed by atoms with E-state index in [0.29, 0.717) is 43.0 Å². The summed E-state index contributed by atoms with van der Waals surface area (Å²) in [6.07, 6.45) is 1.18. The molecule has 0 aliphatic carbocycles. The number of aromatic carboxylic acids is 1. The minimum absolute atomic E-state index is 0.0938. The fraction of sp³-hybridized carbons (Fsp3) is 0.194. The molecule has 3 aromatic carbocycles. The third-order valence-corrected chi connectivity index (χ3v) is 7.55. The SMILES string of the molecule is Cc1cccc(C2=C(N3CCN(c4cc5c(cc4F)c(=O)c(C(=O)O)cn5-c4ccc(F)cc4)CC3)COC2=O)c1. The summed E-state index contributed by atoms with van der Waals surface area (Å²) < 4.78 is 35.9. The third kappa shape index (κ3) is 4.71. The number of carboxylic acids is 1. The number of aromatic nitrogens is 1. The van der Waals surface area contributed by atoms with Crippen LogP contribution < -0.4 is 10.3 Å². The lowest BCUT2D eigenvalue weighted by molar-refractivity contribution is -0.134. The molecule has 0 bridgehead atoms. The van der Waals surface area contributed by atoms with Gasteiger partial charge in [-0.05, 0) is 48.9 Å². The molecule has 10 heteroatoms. The zero-order chi connectivity index (χ0) is 28.8. The summed E-state index contributed by atoms with van der Waals surface area (Å²) in [5, 5.41) is 9.50. The zero-order valence-electron chi connectivity index (χ0n) is 22.1. The maximum Gasteiger partial charge on any atom is 0.341 e. The van der Waals surface area contributed by atoms with Crippen LogP contribution in [0.1, 0.15) is 21.5 Å². The summed E-state index contributed by atoms with van der Waals surface area (Å²) in [6, 6.07) is 15.6. The first-order valence-electron chi connectivity index (χ1n) is 13.1. The number of fused-ring (bicyclic) bond motifs is 1. The fourth-order valence-corrected chi connectivity index (χ4v) is 5.49. The molecule has 0 radical (unpaired) electrons. The largest absolute Gasteiger partial charge is 0.477 e. The molecule has 0 spiro atoms.